The van der Waals surface area contributed by atoms with Gasteiger partial charge in [0.1, 0.15) is 0 Å². The van der Waals surface area contributed by atoms with E-state index in [1.807, 2.05) is 0 Å². The van der Waals surface area contributed by atoms with Gasteiger partial charge < -0.3 is 0 Å². The maximum atomic E-state index is 2.33. The Morgan fingerprint density at radius 2 is 1.50 bits per heavy atom. The van der Waals surface area contributed by atoms with Crippen LogP contribution in [-0.2, 0) is 10.6 Å². The van der Waals surface area contributed by atoms with Crippen molar-refractivity contribution in [1.29, 1.82) is 0 Å². The summed E-state index contributed by atoms with van der Waals surface area (Å²) in [5.74, 6) is 0. The van der Waals surface area contributed by atoms with Crippen LogP contribution in [0.5, 0.6) is 0 Å². The van der Waals surface area contributed by atoms with E-state index >= 15 is 0 Å². The summed E-state index contributed by atoms with van der Waals surface area (Å²) in [5.41, 5.74) is 3.52. The molecule has 0 aliphatic carbocycles. The molecule has 2 heterocycles. The SMILES string of the molecule is Cc1[se]c(C)c2c1C[Se]C2. The second-order valence-corrected chi connectivity index (χ2v) is 7.73. The first kappa shape index (κ1) is 7.18. The number of fused-ring (bicyclic) bond motifs is 1. The Morgan fingerprint density at radius 1 is 1.00 bits per heavy atom. The standard InChI is InChI=1S/C8H10Se2/c1-5-7-3-9-4-8(7)6(2)10-5/h3-4H2,1-2H3. The molecule has 0 atom stereocenters. The van der Waals surface area contributed by atoms with Crippen molar-refractivity contribution in [3.05, 3.63) is 20.0 Å². The molecule has 54 valence electrons. The van der Waals surface area contributed by atoms with Crippen molar-refractivity contribution in [3.63, 3.8) is 0 Å². The maximum absolute atomic E-state index is 2.33. The van der Waals surface area contributed by atoms with E-state index in [0.29, 0.717) is 0 Å². The fourth-order valence-electron chi connectivity index (χ4n) is 1.41. The van der Waals surface area contributed by atoms with Gasteiger partial charge in [0.05, 0.1) is 0 Å². The van der Waals surface area contributed by atoms with Crippen LogP contribution in [0.4, 0.5) is 0 Å². The Kier molecular flexibility index (Phi) is 1.82. The topological polar surface area (TPSA) is 0 Å². The number of hydrogen-bond donors (Lipinski definition) is 0. The van der Waals surface area contributed by atoms with Crippen LogP contribution in [0.1, 0.15) is 20.0 Å². The van der Waals surface area contributed by atoms with Crippen molar-refractivity contribution >= 4 is 29.5 Å². The van der Waals surface area contributed by atoms with Crippen molar-refractivity contribution in [2.24, 2.45) is 0 Å². The van der Waals surface area contributed by atoms with E-state index < -0.39 is 0 Å². The van der Waals surface area contributed by atoms with Crippen molar-refractivity contribution in [1.82, 2.24) is 0 Å². The van der Waals surface area contributed by atoms with Gasteiger partial charge in [0, 0.05) is 0 Å². The number of hydrogen-bond acceptors (Lipinski definition) is 0. The summed E-state index contributed by atoms with van der Waals surface area (Å²) in [7, 11) is 0. The monoisotopic (exact) mass is 266 g/mol. The van der Waals surface area contributed by atoms with Gasteiger partial charge in [-0.1, -0.05) is 0 Å². The molecule has 1 aromatic rings. The summed E-state index contributed by atoms with van der Waals surface area (Å²) in [4.78, 5) is 0. The third-order valence-corrected chi connectivity index (χ3v) is 6.40. The molecule has 0 spiro atoms. The third kappa shape index (κ3) is 0.950. The summed E-state index contributed by atoms with van der Waals surface area (Å²) in [6, 6.07) is 0. The molecule has 0 saturated heterocycles. The van der Waals surface area contributed by atoms with Crippen molar-refractivity contribution < 1.29 is 0 Å². The Hall–Kier alpha value is 0.519. The molecule has 10 heavy (non-hydrogen) atoms. The zero-order valence-electron chi connectivity index (χ0n) is 6.23. The average Bonchev–Trinajstić information content (AvgIpc) is 2.39. The van der Waals surface area contributed by atoms with Crippen LogP contribution >= 0.6 is 0 Å². The van der Waals surface area contributed by atoms with Gasteiger partial charge in [-0.2, -0.15) is 0 Å². The fraction of sp³-hybridized carbons (Fsp3) is 0.500. The van der Waals surface area contributed by atoms with Gasteiger partial charge in [0.25, 0.3) is 0 Å². The normalized spacial score (nSPS) is 15.8. The molecule has 0 nitrogen and oxygen atoms in total. The van der Waals surface area contributed by atoms with Gasteiger partial charge in [0.2, 0.25) is 0 Å². The Morgan fingerprint density at radius 3 is 2.00 bits per heavy atom. The van der Waals surface area contributed by atoms with E-state index in [0.717, 1.165) is 29.5 Å². The zero-order chi connectivity index (χ0) is 7.14. The van der Waals surface area contributed by atoms with E-state index in [9.17, 15) is 0 Å². The molecule has 2 heteroatoms. The molecule has 0 fully saturated rings. The molecule has 0 bridgehead atoms. The minimum absolute atomic E-state index is 0.751. The molecular formula is C8H10Se2. The summed E-state index contributed by atoms with van der Waals surface area (Å²) in [6.45, 7) is 4.65. The second kappa shape index (κ2) is 2.53. The number of rotatable bonds is 0. The van der Waals surface area contributed by atoms with Crippen LogP contribution in [0.15, 0.2) is 0 Å². The van der Waals surface area contributed by atoms with Gasteiger partial charge in [-0.15, -0.1) is 0 Å². The molecular weight excluding hydrogens is 254 g/mol. The molecule has 0 saturated carbocycles. The van der Waals surface area contributed by atoms with Crippen LogP contribution in [0.2, 0.25) is 0 Å². The Balaban J connectivity index is 2.61. The first-order valence-electron chi connectivity index (χ1n) is 3.44. The van der Waals surface area contributed by atoms with Crippen LogP contribution in [0.25, 0.3) is 0 Å². The van der Waals surface area contributed by atoms with E-state index in [2.05, 4.69) is 13.8 Å². The van der Waals surface area contributed by atoms with Gasteiger partial charge in [0.15, 0.2) is 0 Å². The van der Waals surface area contributed by atoms with E-state index in [1.165, 1.54) is 10.6 Å². The first-order chi connectivity index (χ1) is 4.79. The summed E-state index contributed by atoms with van der Waals surface area (Å²) >= 11 is 1.67. The van der Waals surface area contributed by atoms with Crippen LogP contribution in [0.3, 0.4) is 0 Å². The molecule has 1 aromatic heterocycles. The van der Waals surface area contributed by atoms with Crippen molar-refractivity contribution in [3.8, 4) is 0 Å². The molecule has 1 aliphatic heterocycles. The molecule has 0 radical (unpaired) electrons. The van der Waals surface area contributed by atoms with Gasteiger partial charge in [-0.05, 0) is 0 Å². The Labute approximate surface area is 73.9 Å². The van der Waals surface area contributed by atoms with Gasteiger partial charge in [-0.3, -0.25) is 0 Å². The summed E-state index contributed by atoms with van der Waals surface area (Å²) in [5, 5.41) is 2.88. The second-order valence-electron chi connectivity index (χ2n) is 2.66. The molecule has 2 rings (SSSR count). The summed E-state index contributed by atoms with van der Waals surface area (Å²) in [6.07, 6.45) is 0. The summed E-state index contributed by atoms with van der Waals surface area (Å²) < 4.78 is 3.44. The van der Waals surface area contributed by atoms with Crippen LogP contribution in [0, 0.1) is 13.8 Å². The minimum atomic E-state index is 0.751. The van der Waals surface area contributed by atoms with Gasteiger partial charge >= 0.3 is 73.9 Å². The fourth-order valence-corrected chi connectivity index (χ4v) is 7.35. The van der Waals surface area contributed by atoms with E-state index in [-0.39, 0.29) is 0 Å². The van der Waals surface area contributed by atoms with Crippen LogP contribution in [-0.4, -0.2) is 29.5 Å². The van der Waals surface area contributed by atoms with Gasteiger partial charge in [-0.25, -0.2) is 0 Å². The van der Waals surface area contributed by atoms with E-state index in [4.69, 9.17) is 0 Å². The van der Waals surface area contributed by atoms with E-state index in [1.54, 1.807) is 20.0 Å². The van der Waals surface area contributed by atoms with Crippen molar-refractivity contribution in [2.45, 2.75) is 24.5 Å². The third-order valence-electron chi connectivity index (χ3n) is 2.01. The predicted octanol–water partition coefficient (Wildman–Crippen LogP) is 1.08. The van der Waals surface area contributed by atoms with Crippen molar-refractivity contribution in [2.75, 3.05) is 0 Å². The molecule has 1 aliphatic rings. The molecule has 0 unspecified atom stereocenters. The first-order valence-corrected chi connectivity index (χ1v) is 7.58. The quantitative estimate of drug-likeness (QED) is 0.615. The molecule has 0 amide bonds. The zero-order valence-corrected chi connectivity index (χ0v) is 9.66. The predicted molar refractivity (Wildman–Crippen MR) is 46.0 cm³/mol. The van der Waals surface area contributed by atoms with Crippen LogP contribution < -0.4 is 0 Å². The average molecular weight is 264 g/mol. The molecule has 0 aromatic carbocycles. The Bertz CT molecular complexity index is 236. The number of aryl methyl sites for hydroxylation is 2. The molecule has 0 N–H and O–H groups in total.